The minimum absolute atomic E-state index is 0.0522. The van der Waals surface area contributed by atoms with Gasteiger partial charge in [-0.25, -0.2) is 4.79 Å². The summed E-state index contributed by atoms with van der Waals surface area (Å²) in [4.78, 5) is 41.2. The summed E-state index contributed by atoms with van der Waals surface area (Å²) in [5.74, 6) is -0.936. The topological polar surface area (TPSA) is 75.7 Å². The van der Waals surface area contributed by atoms with Crippen LogP contribution in [-0.2, 0) is 27.2 Å². The highest BCUT2D eigenvalue weighted by Crippen LogP contribution is 2.39. The molecule has 1 saturated heterocycles. The zero-order valence-electron chi connectivity index (χ0n) is 18.5. The Balaban J connectivity index is 1.43. The second-order valence-electron chi connectivity index (χ2n) is 7.79. The highest BCUT2D eigenvalue weighted by molar-refractivity contribution is 8.26. The van der Waals surface area contributed by atoms with Crippen molar-refractivity contribution >= 4 is 80.1 Å². The molecular weight excluding hydrogens is 512 g/mol. The van der Waals surface area contributed by atoms with Gasteiger partial charge < -0.3 is 10.1 Å². The van der Waals surface area contributed by atoms with E-state index in [0.717, 1.165) is 41.7 Å². The predicted molar refractivity (Wildman–Crippen MR) is 141 cm³/mol. The second-order valence-corrected chi connectivity index (χ2v) is 11.0. The predicted octanol–water partition coefficient (Wildman–Crippen LogP) is 5.69. The van der Waals surface area contributed by atoms with E-state index in [1.165, 1.54) is 28.0 Å². The number of halogens is 1. The fraction of sp³-hybridized carbons (Fsp3) is 0.333. The van der Waals surface area contributed by atoms with Crippen LogP contribution in [0.5, 0.6) is 0 Å². The molecule has 0 bridgehead atoms. The van der Waals surface area contributed by atoms with Gasteiger partial charge in [0.25, 0.3) is 5.91 Å². The number of rotatable bonds is 7. The second kappa shape index (κ2) is 11.0. The Morgan fingerprint density at radius 3 is 2.79 bits per heavy atom. The quantitative estimate of drug-likeness (QED) is 0.279. The van der Waals surface area contributed by atoms with Crippen LogP contribution < -0.4 is 5.32 Å². The van der Waals surface area contributed by atoms with Crippen molar-refractivity contribution < 1.29 is 19.1 Å². The van der Waals surface area contributed by atoms with Crippen molar-refractivity contribution in [2.24, 2.45) is 0 Å². The summed E-state index contributed by atoms with van der Waals surface area (Å²) in [5.41, 5.74) is 2.20. The molecule has 0 spiro atoms. The number of ether oxygens (including phenoxy) is 1. The lowest BCUT2D eigenvalue weighted by atomic mass is 9.95. The molecule has 2 aromatic rings. The van der Waals surface area contributed by atoms with E-state index < -0.39 is 5.97 Å². The molecule has 34 heavy (non-hydrogen) atoms. The number of nitrogens with zero attached hydrogens (tertiary/aromatic N) is 1. The summed E-state index contributed by atoms with van der Waals surface area (Å²) in [6.07, 6.45) is 5.56. The number of anilines is 1. The maximum atomic E-state index is 12.9. The number of hydrogen-bond donors (Lipinski definition) is 1. The maximum absolute atomic E-state index is 12.9. The van der Waals surface area contributed by atoms with Crippen molar-refractivity contribution in [3.8, 4) is 0 Å². The summed E-state index contributed by atoms with van der Waals surface area (Å²) in [6.45, 7) is 2.18. The van der Waals surface area contributed by atoms with Crippen LogP contribution in [0, 0.1) is 0 Å². The Morgan fingerprint density at radius 1 is 1.26 bits per heavy atom. The molecule has 1 N–H and O–H groups in total. The molecule has 1 aliphatic heterocycles. The van der Waals surface area contributed by atoms with Gasteiger partial charge >= 0.3 is 5.97 Å². The molecule has 1 aromatic heterocycles. The number of thiocarbonyl (C=S) groups is 1. The highest BCUT2D eigenvalue weighted by Gasteiger charge is 2.33. The van der Waals surface area contributed by atoms with E-state index in [2.05, 4.69) is 5.32 Å². The number of nitrogens with one attached hydrogen (secondary N) is 1. The number of thioether (sulfide) groups is 1. The molecule has 6 nitrogen and oxygen atoms in total. The molecule has 2 amide bonds. The SMILES string of the molecule is CCOC(=O)c1c(NC(=O)CCN2C(=O)/C(=C\c3ccccc3Cl)SC2=S)sc2c1CCCC2. The number of benzene rings is 1. The Bertz CT molecular complexity index is 1190. The van der Waals surface area contributed by atoms with E-state index in [9.17, 15) is 14.4 Å². The van der Waals surface area contributed by atoms with E-state index in [0.29, 0.717) is 24.8 Å². The molecule has 0 saturated carbocycles. The number of esters is 1. The number of hydrogen-bond acceptors (Lipinski definition) is 7. The Hall–Kier alpha value is -2.20. The third kappa shape index (κ3) is 5.38. The maximum Gasteiger partial charge on any atom is 0.341 e. The van der Waals surface area contributed by atoms with Gasteiger partial charge in [-0.15, -0.1) is 11.3 Å². The van der Waals surface area contributed by atoms with Crippen molar-refractivity contribution in [3.63, 3.8) is 0 Å². The Labute approximate surface area is 216 Å². The third-order valence-electron chi connectivity index (χ3n) is 5.53. The van der Waals surface area contributed by atoms with Crippen molar-refractivity contribution in [2.75, 3.05) is 18.5 Å². The lowest BCUT2D eigenvalue weighted by Crippen LogP contribution is -2.31. The van der Waals surface area contributed by atoms with Crippen LogP contribution in [0.15, 0.2) is 29.2 Å². The Morgan fingerprint density at radius 2 is 2.03 bits per heavy atom. The lowest BCUT2D eigenvalue weighted by Gasteiger charge is -2.14. The van der Waals surface area contributed by atoms with Crippen LogP contribution in [0.4, 0.5) is 5.00 Å². The van der Waals surface area contributed by atoms with Crippen LogP contribution in [0.2, 0.25) is 5.02 Å². The minimum atomic E-state index is -0.404. The van der Waals surface area contributed by atoms with E-state index >= 15 is 0 Å². The summed E-state index contributed by atoms with van der Waals surface area (Å²) < 4.78 is 5.64. The number of carbonyl (C=O) groups excluding carboxylic acids is 3. The van der Waals surface area contributed by atoms with Crippen molar-refractivity contribution in [1.82, 2.24) is 4.90 Å². The van der Waals surface area contributed by atoms with Gasteiger partial charge in [0, 0.05) is 22.9 Å². The number of carbonyl (C=O) groups is 3. The highest BCUT2D eigenvalue weighted by atomic mass is 35.5. The number of thiophene rings is 1. The third-order valence-corrected chi connectivity index (χ3v) is 8.46. The summed E-state index contributed by atoms with van der Waals surface area (Å²) in [6, 6.07) is 7.24. The van der Waals surface area contributed by atoms with Gasteiger partial charge in [0.2, 0.25) is 5.91 Å². The molecule has 1 fully saturated rings. The average molecular weight is 535 g/mol. The first-order chi connectivity index (χ1) is 16.4. The van der Waals surface area contributed by atoms with E-state index in [-0.39, 0.29) is 31.4 Å². The van der Waals surface area contributed by atoms with Gasteiger partial charge in [-0.1, -0.05) is 53.8 Å². The van der Waals surface area contributed by atoms with Gasteiger partial charge in [0.05, 0.1) is 17.1 Å². The molecule has 2 aliphatic rings. The molecule has 1 aliphatic carbocycles. The Kier molecular flexibility index (Phi) is 8.08. The van der Waals surface area contributed by atoms with Crippen molar-refractivity contribution in [3.05, 3.63) is 55.8 Å². The van der Waals surface area contributed by atoms with E-state index in [1.54, 1.807) is 19.1 Å². The normalized spacial score (nSPS) is 16.6. The largest absolute Gasteiger partial charge is 0.462 e. The molecule has 0 radical (unpaired) electrons. The summed E-state index contributed by atoms with van der Waals surface area (Å²) in [7, 11) is 0. The van der Waals surface area contributed by atoms with Crippen molar-refractivity contribution in [1.29, 1.82) is 0 Å². The number of fused-ring (bicyclic) bond motifs is 1. The van der Waals surface area contributed by atoms with Crippen LogP contribution >= 0.6 is 46.9 Å². The van der Waals surface area contributed by atoms with Crippen LogP contribution in [0.1, 0.15) is 52.5 Å². The zero-order chi connectivity index (χ0) is 24.2. The van der Waals surface area contributed by atoms with Crippen LogP contribution in [0.25, 0.3) is 6.08 Å². The molecular formula is C24H23ClN2O4S3. The monoisotopic (exact) mass is 534 g/mol. The van der Waals surface area contributed by atoms with E-state index in [1.807, 2.05) is 18.2 Å². The van der Waals surface area contributed by atoms with Gasteiger partial charge in [0.15, 0.2) is 0 Å². The molecule has 0 unspecified atom stereocenters. The van der Waals surface area contributed by atoms with Crippen molar-refractivity contribution in [2.45, 2.75) is 39.0 Å². The van der Waals surface area contributed by atoms with Crippen LogP contribution in [0.3, 0.4) is 0 Å². The average Bonchev–Trinajstić information content (AvgIpc) is 3.30. The number of amides is 2. The first-order valence-electron chi connectivity index (χ1n) is 11.0. The van der Waals surface area contributed by atoms with Gasteiger partial charge in [-0.3, -0.25) is 14.5 Å². The molecule has 10 heteroatoms. The molecule has 1 aromatic carbocycles. The van der Waals surface area contributed by atoms with Gasteiger partial charge in [0.1, 0.15) is 9.32 Å². The molecule has 178 valence electrons. The standard InChI is InChI=1S/C24H23ClN2O4S3/c1-2-31-23(30)20-15-8-4-6-10-17(15)33-21(20)26-19(28)11-12-27-22(29)18(34-24(27)32)13-14-7-3-5-9-16(14)25/h3,5,7,9,13H,2,4,6,8,10-12H2,1H3,(H,26,28)/b18-13+. The van der Waals surface area contributed by atoms with E-state index in [4.69, 9.17) is 28.6 Å². The first-order valence-corrected chi connectivity index (χ1v) is 13.4. The first kappa shape index (κ1) is 24.9. The molecule has 0 atom stereocenters. The summed E-state index contributed by atoms with van der Waals surface area (Å²) in [5, 5.41) is 3.95. The summed E-state index contributed by atoms with van der Waals surface area (Å²) >= 11 is 14.2. The van der Waals surface area contributed by atoms with Crippen LogP contribution in [-0.4, -0.2) is 40.2 Å². The van der Waals surface area contributed by atoms with Gasteiger partial charge in [-0.2, -0.15) is 0 Å². The molecule has 2 heterocycles. The minimum Gasteiger partial charge on any atom is -0.462 e. The fourth-order valence-corrected chi connectivity index (χ4v) is 6.69. The lowest BCUT2D eigenvalue weighted by molar-refractivity contribution is -0.122. The zero-order valence-corrected chi connectivity index (χ0v) is 21.7. The fourth-order valence-electron chi connectivity index (χ4n) is 3.90. The smallest absolute Gasteiger partial charge is 0.341 e. The molecule has 4 rings (SSSR count). The number of aryl methyl sites for hydroxylation is 1. The van der Waals surface area contributed by atoms with Gasteiger partial charge in [-0.05, 0) is 55.9 Å².